The minimum atomic E-state index is 0.420. The molecule has 0 aliphatic rings. The molecule has 74 valence electrons. The van der Waals surface area contributed by atoms with Crippen molar-refractivity contribution in [2.24, 2.45) is 0 Å². The number of hydrogen-bond acceptors (Lipinski definition) is 2. The Bertz CT molecular complexity index is 271. The molecular formula is C9H15ClN2O. The van der Waals surface area contributed by atoms with Crippen LogP contribution in [-0.4, -0.2) is 23.5 Å². The first kappa shape index (κ1) is 10.5. The molecule has 0 fully saturated rings. The summed E-state index contributed by atoms with van der Waals surface area (Å²) in [5, 5.41) is 4.77. The lowest BCUT2D eigenvalue weighted by molar-refractivity contribution is 0.183. The van der Waals surface area contributed by atoms with Crippen LogP contribution < -0.4 is 0 Å². The molecule has 0 spiro atoms. The summed E-state index contributed by atoms with van der Waals surface area (Å²) >= 11 is 5.95. The van der Waals surface area contributed by atoms with Gasteiger partial charge in [-0.05, 0) is 5.92 Å². The number of rotatable bonds is 4. The maximum absolute atomic E-state index is 5.95. The van der Waals surface area contributed by atoms with Gasteiger partial charge in [0, 0.05) is 18.9 Å². The summed E-state index contributed by atoms with van der Waals surface area (Å²) in [6, 6.07) is 0. The molecular weight excluding hydrogens is 188 g/mol. The zero-order valence-corrected chi connectivity index (χ0v) is 9.01. The fourth-order valence-electron chi connectivity index (χ4n) is 1.10. The molecule has 13 heavy (non-hydrogen) atoms. The second-order valence-corrected chi connectivity index (χ2v) is 3.64. The number of nitrogens with zero attached hydrogens (tertiary/aromatic N) is 2. The predicted molar refractivity (Wildman–Crippen MR) is 53.2 cm³/mol. The molecule has 3 nitrogen and oxygen atoms in total. The summed E-state index contributed by atoms with van der Waals surface area (Å²) in [6.07, 6.45) is 1.98. The second kappa shape index (κ2) is 4.63. The molecule has 0 radical (unpaired) electrons. The van der Waals surface area contributed by atoms with E-state index in [1.807, 2.05) is 10.9 Å². The first-order valence-electron chi connectivity index (χ1n) is 4.37. The molecule has 0 unspecified atom stereocenters. The lowest BCUT2D eigenvalue weighted by atomic mass is 10.1. The highest BCUT2D eigenvalue weighted by molar-refractivity contribution is 6.30. The summed E-state index contributed by atoms with van der Waals surface area (Å²) < 4.78 is 6.77. The number of ether oxygens (including phenoxy) is 1. The van der Waals surface area contributed by atoms with E-state index in [0.29, 0.717) is 17.7 Å². The van der Waals surface area contributed by atoms with Crippen molar-refractivity contribution in [3.05, 3.63) is 16.9 Å². The van der Waals surface area contributed by atoms with Crippen molar-refractivity contribution in [2.45, 2.75) is 26.3 Å². The Morgan fingerprint density at radius 1 is 1.62 bits per heavy atom. The van der Waals surface area contributed by atoms with Crippen LogP contribution in [0.15, 0.2) is 6.20 Å². The normalized spacial score (nSPS) is 11.2. The fraction of sp³-hybridized carbons (Fsp3) is 0.667. The molecule has 0 aliphatic heterocycles. The highest BCUT2D eigenvalue weighted by atomic mass is 35.5. The van der Waals surface area contributed by atoms with E-state index in [2.05, 4.69) is 18.9 Å². The summed E-state index contributed by atoms with van der Waals surface area (Å²) in [5.41, 5.74) is 1.10. The molecule has 0 bridgehead atoms. The van der Waals surface area contributed by atoms with Gasteiger partial charge in [0.2, 0.25) is 0 Å². The first-order valence-corrected chi connectivity index (χ1v) is 4.74. The predicted octanol–water partition coefficient (Wildman–Crippen LogP) is 2.31. The number of hydrogen-bond donors (Lipinski definition) is 0. The molecule has 0 saturated carbocycles. The lowest BCUT2D eigenvalue weighted by Crippen LogP contribution is -2.04. The molecule has 0 amide bonds. The summed E-state index contributed by atoms with van der Waals surface area (Å²) in [4.78, 5) is 0. The molecule has 1 rings (SSSR count). The van der Waals surface area contributed by atoms with E-state index in [9.17, 15) is 0 Å². The van der Waals surface area contributed by atoms with Crippen LogP contribution in [0.5, 0.6) is 0 Å². The van der Waals surface area contributed by atoms with Crippen molar-refractivity contribution in [1.29, 1.82) is 0 Å². The van der Waals surface area contributed by atoms with Crippen molar-refractivity contribution < 1.29 is 4.74 Å². The van der Waals surface area contributed by atoms with E-state index < -0.39 is 0 Å². The molecule has 0 saturated heterocycles. The van der Waals surface area contributed by atoms with Gasteiger partial charge >= 0.3 is 0 Å². The third-order valence-electron chi connectivity index (χ3n) is 1.89. The molecule has 0 N–H and O–H groups in total. The number of methoxy groups -OCH3 is 1. The van der Waals surface area contributed by atoms with Crippen LogP contribution >= 0.6 is 11.6 Å². The Morgan fingerprint density at radius 2 is 2.31 bits per heavy atom. The van der Waals surface area contributed by atoms with Gasteiger partial charge in [0.15, 0.2) is 5.15 Å². The summed E-state index contributed by atoms with van der Waals surface area (Å²) in [6.45, 7) is 5.62. The van der Waals surface area contributed by atoms with E-state index in [1.54, 1.807) is 7.11 Å². The van der Waals surface area contributed by atoms with Crippen molar-refractivity contribution in [3.8, 4) is 0 Å². The van der Waals surface area contributed by atoms with Gasteiger partial charge < -0.3 is 4.74 Å². The van der Waals surface area contributed by atoms with Crippen LogP contribution in [0.1, 0.15) is 25.3 Å². The summed E-state index contributed by atoms with van der Waals surface area (Å²) in [5.74, 6) is 0.420. The highest BCUT2D eigenvalue weighted by Crippen LogP contribution is 2.22. The topological polar surface area (TPSA) is 27.1 Å². The fourth-order valence-corrected chi connectivity index (χ4v) is 1.46. The molecule has 0 atom stereocenters. The van der Waals surface area contributed by atoms with E-state index >= 15 is 0 Å². The van der Waals surface area contributed by atoms with Crippen LogP contribution in [0, 0.1) is 0 Å². The minimum Gasteiger partial charge on any atom is -0.383 e. The Kier molecular flexibility index (Phi) is 3.75. The van der Waals surface area contributed by atoms with Crippen molar-refractivity contribution >= 4 is 11.6 Å². The van der Waals surface area contributed by atoms with Gasteiger partial charge in [0.05, 0.1) is 13.2 Å². The van der Waals surface area contributed by atoms with Crippen molar-refractivity contribution in [3.63, 3.8) is 0 Å². The van der Waals surface area contributed by atoms with Gasteiger partial charge in [-0.3, -0.25) is 4.68 Å². The van der Waals surface area contributed by atoms with Gasteiger partial charge in [-0.25, -0.2) is 0 Å². The molecule has 1 heterocycles. The van der Waals surface area contributed by atoms with Crippen molar-refractivity contribution in [2.75, 3.05) is 13.7 Å². The second-order valence-electron chi connectivity index (χ2n) is 3.29. The zero-order chi connectivity index (χ0) is 9.84. The maximum atomic E-state index is 5.95. The van der Waals surface area contributed by atoms with E-state index in [1.165, 1.54) is 0 Å². The Balaban J connectivity index is 2.71. The molecule has 1 aromatic rings. The van der Waals surface area contributed by atoms with Crippen LogP contribution in [0.25, 0.3) is 0 Å². The molecule has 4 heteroatoms. The monoisotopic (exact) mass is 202 g/mol. The van der Waals surface area contributed by atoms with Gasteiger partial charge in [0.25, 0.3) is 0 Å². The Hall–Kier alpha value is -0.540. The van der Waals surface area contributed by atoms with Crippen LogP contribution in [-0.2, 0) is 11.3 Å². The SMILES string of the molecule is COCCn1cc(C(C)C)c(Cl)n1. The standard InChI is InChI=1S/C9H15ClN2O/c1-7(2)8-6-12(4-5-13-3)11-9(8)10/h6-7H,4-5H2,1-3H3. The van der Waals surface area contributed by atoms with Crippen LogP contribution in [0.3, 0.4) is 0 Å². The Morgan fingerprint density at radius 3 is 2.77 bits per heavy atom. The molecule has 0 aromatic carbocycles. The average molecular weight is 203 g/mol. The van der Waals surface area contributed by atoms with Gasteiger partial charge in [0.1, 0.15) is 0 Å². The first-order chi connectivity index (χ1) is 6.15. The van der Waals surface area contributed by atoms with E-state index in [4.69, 9.17) is 16.3 Å². The molecule has 0 aliphatic carbocycles. The number of aromatic nitrogens is 2. The quantitative estimate of drug-likeness (QED) is 0.749. The van der Waals surface area contributed by atoms with E-state index in [0.717, 1.165) is 12.1 Å². The van der Waals surface area contributed by atoms with Gasteiger partial charge in [-0.2, -0.15) is 5.10 Å². The van der Waals surface area contributed by atoms with Crippen LogP contribution in [0.4, 0.5) is 0 Å². The molecule has 1 aromatic heterocycles. The number of halogens is 1. The zero-order valence-electron chi connectivity index (χ0n) is 8.25. The smallest absolute Gasteiger partial charge is 0.154 e. The third-order valence-corrected chi connectivity index (χ3v) is 2.18. The average Bonchev–Trinajstić information content (AvgIpc) is 2.43. The highest BCUT2D eigenvalue weighted by Gasteiger charge is 2.09. The third kappa shape index (κ3) is 2.71. The van der Waals surface area contributed by atoms with E-state index in [-0.39, 0.29) is 0 Å². The maximum Gasteiger partial charge on any atom is 0.154 e. The lowest BCUT2D eigenvalue weighted by Gasteiger charge is -1.99. The van der Waals surface area contributed by atoms with Gasteiger partial charge in [-0.15, -0.1) is 0 Å². The van der Waals surface area contributed by atoms with Crippen LogP contribution in [0.2, 0.25) is 5.15 Å². The van der Waals surface area contributed by atoms with Crippen molar-refractivity contribution in [1.82, 2.24) is 9.78 Å². The van der Waals surface area contributed by atoms with Gasteiger partial charge in [-0.1, -0.05) is 25.4 Å². The summed E-state index contributed by atoms with van der Waals surface area (Å²) in [7, 11) is 1.68. The Labute approximate surface area is 83.6 Å². The minimum absolute atomic E-state index is 0.420. The largest absolute Gasteiger partial charge is 0.383 e.